The minimum Gasteiger partial charge on any atom is -0.385 e. The molecule has 0 unspecified atom stereocenters. The van der Waals surface area contributed by atoms with Gasteiger partial charge in [0.1, 0.15) is 0 Å². The first-order valence-corrected chi connectivity index (χ1v) is 2.30. The minimum absolute atomic E-state index is 0.192. The first-order valence-electron chi connectivity index (χ1n) is 2.30. The normalized spacial score (nSPS) is 10.2. The van der Waals surface area contributed by atoms with Gasteiger partial charge in [0.15, 0.2) is 0 Å². The van der Waals surface area contributed by atoms with Gasteiger partial charge in [0, 0.05) is 0 Å². The largest absolute Gasteiger partial charge is 0.385 e. The van der Waals surface area contributed by atoms with Crippen LogP contribution in [0.15, 0.2) is 12.2 Å². The van der Waals surface area contributed by atoms with E-state index in [1.165, 1.54) is 13.8 Å². The first kappa shape index (κ1) is 7.19. The molecule has 0 saturated carbocycles. The zero-order valence-electron chi connectivity index (χ0n) is 5.10. The number of nitrogens with zero attached hydrogens (tertiary/aromatic N) is 1. The van der Waals surface area contributed by atoms with Crippen LogP contribution in [0, 0.1) is 11.3 Å². The van der Waals surface area contributed by atoms with E-state index in [0.717, 1.165) is 0 Å². The van der Waals surface area contributed by atoms with Crippen molar-refractivity contribution in [3.05, 3.63) is 12.2 Å². The molecule has 0 amide bonds. The van der Waals surface area contributed by atoms with Crippen LogP contribution in [-0.4, -0.2) is 10.7 Å². The predicted molar refractivity (Wildman–Crippen MR) is 31.1 cm³/mol. The van der Waals surface area contributed by atoms with Crippen molar-refractivity contribution in [2.24, 2.45) is 0 Å². The molecule has 0 bridgehead atoms. The average Bonchev–Trinajstić information content (AvgIpc) is 1.62. The summed E-state index contributed by atoms with van der Waals surface area (Å²) in [5.41, 5.74) is -0.855. The fourth-order valence-corrected chi connectivity index (χ4v) is 0.137. The van der Waals surface area contributed by atoms with Gasteiger partial charge in [-0.2, -0.15) is 5.26 Å². The number of rotatable bonds is 1. The molecule has 2 nitrogen and oxygen atoms in total. The fourth-order valence-electron chi connectivity index (χ4n) is 0.137. The van der Waals surface area contributed by atoms with Crippen molar-refractivity contribution in [3.8, 4) is 6.07 Å². The van der Waals surface area contributed by atoms with Crippen molar-refractivity contribution in [2.45, 2.75) is 19.4 Å². The van der Waals surface area contributed by atoms with Crippen LogP contribution in [0.5, 0.6) is 0 Å². The summed E-state index contributed by atoms with van der Waals surface area (Å²) in [5, 5.41) is 17.1. The van der Waals surface area contributed by atoms with Gasteiger partial charge in [-0.25, -0.2) is 0 Å². The van der Waals surface area contributed by atoms with Crippen molar-refractivity contribution >= 4 is 0 Å². The summed E-state index contributed by atoms with van der Waals surface area (Å²) >= 11 is 0. The van der Waals surface area contributed by atoms with Gasteiger partial charge in [0.2, 0.25) is 0 Å². The Balaban J connectivity index is 4.09. The Hall–Kier alpha value is -0.810. The van der Waals surface area contributed by atoms with E-state index >= 15 is 0 Å². The van der Waals surface area contributed by atoms with E-state index in [0.29, 0.717) is 0 Å². The highest BCUT2D eigenvalue weighted by Gasteiger charge is 2.15. The second-order valence-electron chi connectivity index (χ2n) is 2.15. The second-order valence-corrected chi connectivity index (χ2v) is 2.15. The average molecular weight is 111 g/mol. The molecule has 0 aliphatic carbocycles. The molecule has 0 heterocycles. The standard InChI is InChI=1S/C6H9NO/c1-5(4-7)6(2,3)8/h8H,1H2,2-3H3. The minimum atomic E-state index is -1.05. The van der Waals surface area contributed by atoms with Crippen LogP contribution in [0.4, 0.5) is 0 Å². The lowest BCUT2D eigenvalue weighted by Gasteiger charge is -2.13. The number of hydrogen-bond acceptors (Lipinski definition) is 2. The van der Waals surface area contributed by atoms with E-state index in [4.69, 9.17) is 10.4 Å². The summed E-state index contributed by atoms with van der Waals surface area (Å²) < 4.78 is 0. The summed E-state index contributed by atoms with van der Waals surface area (Å²) in [6.45, 7) is 6.39. The topological polar surface area (TPSA) is 44.0 Å². The maximum Gasteiger partial charge on any atom is 0.0971 e. The lowest BCUT2D eigenvalue weighted by atomic mass is 10.0. The smallest absolute Gasteiger partial charge is 0.0971 e. The Morgan fingerprint density at radius 3 is 2.12 bits per heavy atom. The van der Waals surface area contributed by atoms with E-state index in [-0.39, 0.29) is 5.57 Å². The second kappa shape index (κ2) is 1.97. The van der Waals surface area contributed by atoms with Crippen LogP contribution >= 0.6 is 0 Å². The van der Waals surface area contributed by atoms with Gasteiger partial charge >= 0.3 is 0 Å². The van der Waals surface area contributed by atoms with Crippen molar-refractivity contribution in [1.29, 1.82) is 5.26 Å². The maximum absolute atomic E-state index is 8.96. The molecule has 0 spiro atoms. The van der Waals surface area contributed by atoms with Gasteiger partial charge in [0.25, 0.3) is 0 Å². The number of aliphatic hydroxyl groups is 1. The van der Waals surface area contributed by atoms with Gasteiger partial charge < -0.3 is 5.11 Å². The lowest BCUT2D eigenvalue weighted by Crippen LogP contribution is -2.19. The Labute approximate surface area is 49.1 Å². The van der Waals surface area contributed by atoms with Crippen LogP contribution in [-0.2, 0) is 0 Å². The molecule has 0 rings (SSSR count). The molecular weight excluding hydrogens is 102 g/mol. The highest BCUT2D eigenvalue weighted by Crippen LogP contribution is 2.10. The summed E-state index contributed by atoms with van der Waals surface area (Å²) in [7, 11) is 0. The molecule has 0 saturated heterocycles. The fraction of sp³-hybridized carbons (Fsp3) is 0.500. The Morgan fingerprint density at radius 1 is 1.75 bits per heavy atom. The Bertz CT molecular complexity index is 136. The van der Waals surface area contributed by atoms with E-state index in [2.05, 4.69) is 6.58 Å². The van der Waals surface area contributed by atoms with Crippen LogP contribution in [0.25, 0.3) is 0 Å². The van der Waals surface area contributed by atoms with Gasteiger partial charge in [0.05, 0.1) is 17.2 Å². The van der Waals surface area contributed by atoms with Gasteiger partial charge in [-0.05, 0) is 13.8 Å². The quantitative estimate of drug-likeness (QED) is 0.509. The molecule has 0 aliphatic rings. The molecule has 0 atom stereocenters. The van der Waals surface area contributed by atoms with Crippen molar-refractivity contribution in [1.82, 2.24) is 0 Å². The zero-order valence-corrected chi connectivity index (χ0v) is 5.10. The van der Waals surface area contributed by atoms with Gasteiger partial charge in [-0.15, -0.1) is 0 Å². The van der Waals surface area contributed by atoms with E-state index in [1.807, 2.05) is 0 Å². The summed E-state index contributed by atoms with van der Waals surface area (Å²) in [6, 6.07) is 1.76. The molecule has 0 aromatic carbocycles. The lowest BCUT2D eigenvalue weighted by molar-refractivity contribution is 0.125. The molecule has 0 fully saturated rings. The van der Waals surface area contributed by atoms with Crippen LogP contribution in [0.3, 0.4) is 0 Å². The molecular formula is C6H9NO. The van der Waals surface area contributed by atoms with Crippen LogP contribution < -0.4 is 0 Å². The van der Waals surface area contributed by atoms with Crippen molar-refractivity contribution in [3.63, 3.8) is 0 Å². The van der Waals surface area contributed by atoms with Crippen molar-refractivity contribution < 1.29 is 5.11 Å². The van der Waals surface area contributed by atoms with Crippen LogP contribution in [0.1, 0.15) is 13.8 Å². The zero-order chi connectivity index (χ0) is 6.78. The molecule has 0 aromatic rings. The van der Waals surface area contributed by atoms with E-state index in [9.17, 15) is 0 Å². The maximum atomic E-state index is 8.96. The SMILES string of the molecule is C=C(C#N)C(C)(C)O. The van der Waals surface area contributed by atoms with E-state index in [1.54, 1.807) is 6.07 Å². The molecule has 44 valence electrons. The highest BCUT2D eigenvalue weighted by molar-refractivity contribution is 5.24. The summed E-state index contributed by atoms with van der Waals surface area (Å²) in [4.78, 5) is 0. The third-order valence-corrected chi connectivity index (χ3v) is 0.873. The third-order valence-electron chi connectivity index (χ3n) is 0.873. The molecule has 0 aliphatic heterocycles. The van der Waals surface area contributed by atoms with E-state index < -0.39 is 5.60 Å². The van der Waals surface area contributed by atoms with Gasteiger partial charge in [-0.1, -0.05) is 6.58 Å². The highest BCUT2D eigenvalue weighted by atomic mass is 16.3. The van der Waals surface area contributed by atoms with Crippen molar-refractivity contribution in [2.75, 3.05) is 0 Å². The predicted octanol–water partition coefficient (Wildman–Crippen LogP) is 0.837. The number of nitriles is 1. The summed E-state index contributed by atoms with van der Waals surface area (Å²) in [5.74, 6) is 0. The molecule has 8 heavy (non-hydrogen) atoms. The summed E-state index contributed by atoms with van der Waals surface area (Å²) in [6.07, 6.45) is 0. The molecule has 1 N–H and O–H groups in total. The molecule has 0 radical (unpaired) electrons. The Morgan fingerprint density at radius 2 is 2.12 bits per heavy atom. The monoisotopic (exact) mass is 111 g/mol. The van der Waals surface area contributed by atoms with Crippen LogP contribution in [0.2, 0.25) is 0 Å². The first-order chi connectivity index (χ1) is 3.48. The number of hydrogen-bond donors (Lipinski definition) is 1. The Kier molecular flexibility index (Phi) is 1.77. The van der Waals surface area contributed by atoms with Gasteiger partial charge in [-0.3, -0.25) is 0 Å². The molecule has 2 heteroatoms. The molecule has 0 aromatic heterocycles. The third kappa shape index (κ3) is 1.76.